The third-order valence-corrected chi connectivity index (χ3v) is 4.77. The van der Waals surface area contributed by atoms with E-state index in [9.17, 15) is 14.0 Å². The molecule has 0 aliphatic carbocycles. The number of nitrogens with zero attached hydrogens (tertiary/aromatic N) is 1. The van der Waals surface area contributed by atoms with Gasteiger partial charge in [0.2, 0.25) is 11.8 Å². The number of hydrogen-bond acceptors (Lipinski definition) is 3. The topological polar surface area (TPSA) is 58.6 Å². The molecule has 2 amide bonds. The fourth-order valence-electron chi connectivity index (χ4n) is 3.00. The standard InChI is InChI=1S/C23H29FN2O3/c1-4-5-22(27)26(16-19-6-10-20(24)11-7-19)17(2)23(28)25-15-14-18-8-12-21(29-3)13-9-18/h6-13,17H,4-5,14-16H2,1-3H3,(H,25,28)/t17-/m1/s1. The van der Waals surface area contributed by atoms with E-state index in [0.29, 0.717) is 25.8 Å². The maximum Gasteiger partial charge on any atom is 0.242 e. The Hall–Kier alpha value is -2.89. The van der Waals surface area contributed by atoms with Crippen molar-refractivity contribution in [3.63, 3.8) is 0 Å². The molecule has 2 aromatic rings. The third-order valence-electron chi connectivity index (χ3n) is 4.77. The Morgan fingerprint density at radius 3 is 2.28 bits per heavy atom. The summed E-state index contributed by atoms with van der Waals surface area (Å²) in [7, 11) is 1.62. The molecule has 0 saturated carbocycles. The summed E-state index contributed by atoms with van der Waals surface area (Å²) in [6.45, 7) is 4.39. The van der Waals surface area contributed by atoms with Crippen LogP contribution in [-0.4, -0.2) is 36.4 Å². The summed E-state index contributed by atoms with van der Waals surface area (Å²) < 4.78 is 18.3. The molecule has 0 saturated heterocycles. The summed E-state index contributed by atoms with van der Waals surface area (Å²) in [6.07, 6.45) is 1.75. The van der Waals surface area contributed by atoms with Gasteiger partial charge >= 0.3 is 0 Å². The highest BCUT2D eigenvalue weighted by atomic mass is 19.1. The van der Waals surface area contributed by atoms with Crippen molar-refractivity contribution in [2.24, 2.45) is 0 Å². The van der Waals surface area contributed by atoms with Crippen molar-refractivity contribution in [3.05, 3.63) is 65.5 Å². The molecule has 0 spiro atoms. The number of carbonyl (C=O) groups is 2. The molecule has 1 N–H and O–H groups in total. The second-order valence-corrected chi connectivity index (χ2v) is 6.96. The van der Waals surface area contributed by atoms with Crippen molar-refractivity contribution in [2.45, 2.75) is 45.7 Å². The number of nitrogens with one attached hydrogen (secondary N) is 1. The van der Waals surface area contributed by atoms with Crippen LogP contribution in [0.1, 0.15) is 37.8 Å². The lowest BCUT2D eigenvalue weighted by Gasteiger charge is -2.28. The lowest BCUT2D eigenvalue weighted by Crippen LogP contribution is -2.47. The predicted molar refractivity (Wildman–Crippen MR) is 111 cm³/mol. The van der Waals surface area contributed by atoms with Gasteiger partial charge in [-0.15, -0.1) is 0 Å². The van der Waals surface area contributed by atoms with Crippen LogP contribution in [0.15, 0.2) is 48.5 Å². The second kappa shape index (κ2) is 11.2. The van der Waals surface area contributed by atoms with Gasteiger partial charge in [0, 0.05) is 19.5 Å². The number of ether oxygens (including phenoxy) is 1. The van der Waals surface area contributed by atoms with Crippen LogP contribution in [0, 0.1) is 5.82 Å². The molecule has 0 bridgehead atoms. The molecule has 1 atom stereocenters. The van der Waals surface area contributed by atoms with Crippen LogP contribution in [0.3, 0.4) is 0 Å². The summed E-state index contributed by atoms with van der Waals surface area (Å²) in [6, 6.07) is 13.1. The summed E-state index contributed by atoms with van der Waals surface area (Å²) in [4.78, 5) is 26.8. The average Bonchev–Trinajstić information content (AvgIpc) is 2.73. The first-order valence-corrected chi connectivity index (χ1v) is 9.89. The molecule has 6 heteroatoms. The van der Waals surface area contributed by atoms with E-state index < -0.39 is 6.04 Å². The highest BCUT2D eigenvalue weighted by Gasteiger charge is 2.25. The molecular formula is C23H29FN2O3. The van der Waals surface area contributed by atoms with Crippen molar-refractivity contribution in [1.82, 2.24) is 10.2 Å². The van der Waals surface area contributed by atoms with Gasteiger partial charge in [-0.2, -0.15) is 0 Å². The monoisotopic (exact) mass is 400 g/mol. The van der Waals surface area contributed by atoms with E-state index in [1.54, 1.807) is 31.1 Å². The van der Waals surface area contributed by atoms with E-state index in [1.165, 1.54) is 12.1 Å². The first-order valence-electron chi connectivity index (χ1n) is 9.89. The van der Waals surface area contributed by atoms with Crippen LogP contribution < -0.4 is 10.1 Å². The first-order chi connectivity index (χ1) is 13.9. The minimum absolute atomic E-state index is 0.0883. The van der Waals surface area contributed by atoms with Gasteiger partial charge in [-0.25, -0.2) is 4.39 Å². The van der Waals surface area contributed by atoms with Gasteiger partial charge in [0.15, 0.2) is 0 Å². The van der Waals surface area contributed by atoms with Gasteiger partial charge in [-0.05, 0) is 55.2 Å². The molecule has 0 fully saturated rings. The lowest BCUT2D eigenvalue weighted by molar-refractivity contribution is -0.140. The molecule has 2 aromatic carbocycles. The zero-order valence-electron chi connectivity index (χ0n) is 17.3. The first kappa shape index (κ1) is 22.4. The number of methoxy groups -OCH3 is 1. The number of halogens is 1. The molecule has 5 nitrogen and oxygen atoms in total. The van der Waals surface area contributed by atoms with Crippen molar-refractivity contribution >= 4 is 11.8 Å². The number of amides is 2. The Kier molecular flexibility index (Phi) is 8.65. The lowest BCUT2D eigenvalue weighted by atomic mass is 10.1. The Bertz CT molecular complexity index is 791. The van der Waals surface area contributed by atoms with Crippen molar-refractivity contribution in [2.75, 3.05) is 13.7 Å². The molecule has 0 unspecified atom stereocenters. The molecule has 29 heavy (non-hydrogen) atoms. The van der Waals surface area contributed by atoms with Crippen LogP contribution >= 0.6 is 0 Å². The van der Waals surface area contributed by atoms with Crippen molar-refractivity contribution in [3.8, 4) is 5.75 Å². The third kappa shape index (κ3) is 6.89. The zero-order chi connectivity index (χ0) is 21.2. The van der Waals surface area contributed by atoms with Crippen molar-refractivity contribution in [1.29, 1.82) is 0 Å². The maximum atomic E-state index is 13.2. The van der Waals surface area contributed by atoms with E-state index in [0.717, 1.165) is 16.9 Å². The highest BCUT2D eigenvalue weighted by molar-refractivity contribution is 5.87. The Morgan fingerprint density at radius 2 is 1.69 bits per heavy atom. The zero-order valence-corrected chi connectivity index (χ0v) is 17.3. The molecule has 0 aromatic heterocycles. The Labute approximate surface area is 171 Å². The number of rotatable bonds is 10. The SMILES string of the molecule is CCCC(=O)N(Cc1ccc(F)cc1)[C@H](C)C(=O)NCCc1ccc(OC)cc1. The Balaban J connectivity index is 1.96. The minimum atomic E-state index is -0.616. The Morgan fingerprint density at radius 1 is 1.07 bits per heavy atom. The van der Waals surface area contributed by atoms with Gasteiger partial charge in [-0.3, -0.25) is 9.59 Å². The molecule has 0 aliphatic rings. The molecular weight excluding hydrogens is 371 g/mol. The average molecular weight is 400 g/mol. The van der Waals surface area contributed by atoms with Gasteiger partial charge in [0.1, 0.15) is 17.6 Å². The molecule has 0 heterocycles. The predicted octanol–water partition coefficient (Wildman–Crippen LogP) is 3.71. The van der Waals surface area contributed by atoms with Crippen LogP contribution in [0.5, 0.6) is 5.75 Å². The van der Waals surface area contributed by atoms with Crippen LogP contribution in [0.2, 0.25) is 0 Å². The minimum Gasteiger partial charge on any atom is -0.497 e. The van der Waals surface area contributed by atoms with Crippen LogP contribution in [0.25, 0.3) is 0 Å². The summed E-state index contributed by atoms with van der Waals surface area (Å²) in [5.41, 5.74) is 1.87. The van der Waals surface area contributed by atoms with E-state index in [1.807, 2.05) is 31.2 Å². The van der Waals surface area contributed by atoms with Crippen LogP contribution in [-0.2, 0) is 22.6 Å². The summed E-state index contributed by atoms with van der Waals surface area (Å²) in [5, 5.41) is 2.91. The molecule has 156 valence electrons. The second-order valence-electron chi connectivity index (χ2n) is 6.96. The van der Waals surface area contributed by atoms with E-state index in [2.05, 4.69) is 5.32 Å². The fourth-order valence-corrected chi connectivity index (χ4v) is 3.00. The molecule has 0 aliphatic heterocycles. The van der Waals surface area contributed by atoms with Crippen molar-refractivity contribution < 1.29 is 18.7 Å². The number of carbonyl (C=O) groups excluding carboxylic acids is 2. The van der Waals surface area contributed by atoms with Gasteiger partial charge in [-0.1, -0.05) is 31.2 Å². The largest absolute Gasteiger partial charge is 0.497 e. The molecule has 2 rings (SSSR count). The smallest absolute Gasteiger partial charge is 0.242 e. The van der Waals surface area contributed by atoms with E-state index in [4.69, 9.17) is 4.74 Å². The maximum absolute atomic E-state index is 13.2. The number of benzene rings is 2. The normalized spacial score (nSPS) is 11.6. The van der Waals surface area contributed by atoms with Gasteiger partial charge in [0.05, 0.1) is 7.11 Å². The van der Waals surface area contributed by atoms with Crippen LogP contribution in [0.4, 0.5) is 4.39 Å². The fraction of sp³-hybridized carbons (Fsp3) is 0.391. The highest BCUT2D eigenvalue weighted by Crippen LogP contribution is 2.13. The van der Waals surface area contributed by atoms with E-state index >= 15 is 0 Å². The molecule has 0 radical (unpaired) electrons. The summed E-state index contributed by atoms with van der Waals surface area (Å²) >= 11 is 0. The van der Waals surface area contributed by atoms with Gasteiger partial charge in [0.25, 0.3) is 0 Å². The van der Waals surface area contributed by atoms with Gasteiger partial charge < -0.3 is 15.0 Å². The quantitative estimate of drug-likeness (QED) is 0.661. The van der Waals surface area contributed by atoms with E-state index in [-0.39, 0.29) is 24.2 Å². The summed E-state index contributed by atoms with van der Waals surface area (Å²) in [5.74, 6) is 0.168. The number of hydrogen-bond donors (Lipinski definition) is 1.